The van der Waals surface area contributed by atoms with Crippen LogP contribution in [0.1, 0.15) is 0 Å². The van der Waals surface area contributed by atoms with Gasteiger partial charge in [-0.05, 0) is 78.0 Å². The molecule has 30 heavy (non-hydrogen) atoms. The Morgan fingerprint density at radius 1 is 0.467 bits per heavy atom. The summed E-state index contributed by atoms with van der Waals surface area (Å²) >= 11 is 10.2. The van der Waals surface area contributed by atoms with Gasteiger partial charge < -0.3 is 14.2 Å². The van der Waals surface area contributed by atoms with Gasteiger partial charge in [0.2, 0.25) is 0 Å². The molecule has 0 fully saturated rings. The average molecular weight is 594 g/mol. The molecule has 6 nitrogen and oxygen atoms in total. The Labute approximate surface area is 197 Å². The maximum atomic E-state index is 6.03. The quantitative estimate of drug-likeness (QED) is 0.230. The van der Waals surface area contributed by atoms with Gasteiger partial charge in [-0.25, -0.2) is 0 Å². The summed E-state index contributed by atoms with van der Waals surface area (Å²) in [6.45, 7) is 0. The summed E-state index contributed by atoms with van der Waals surface area (Å²) in [5.74, 6) is 2.15. The Morgan fingerprint density at radius 2 is 0.800 bits per heavy atom. The highest BCUT2D eigenvalue weighted by Gasteiger charge is 2.20. The van der Waals surface area contributed by atoms with E-state index in [0.29, 0.717) is 17.2 Å². The van der Waals surface area contributed by atoms with Crippen molar-refractivity contribution in [3.63, 3.8) is 0 Å². The number of ether oxygens (including phenoxy) is 3. The lowest BCUT2D eigenvalue weighted by atomic mass is 10.3. The summed E-state index contributed by atoms with van der Waals surface area (Å²) in [5.41, 5.74) is 0. The normalized spacial score (nSPS) is 10.5. The van der Waals surface area contributed by atoms with E-state index in [1.54, 1.807) is 36.4 Å². The molecule has 0 unspecified atom stereocenters. The van der Waals surface area contributed by atoms with Crippen molar-refractivity contribution in [1.29, 1.82) is 0 Å². The van der Waals surface area contributed by atoms with Crippen LogP contribution < -0.4 is 14.2 Å². The Bertz CT molecular complexity index is 1070. The van der Waals surface area contributed by atoms with Crippen molar-refractivity contribution in [3.8, 4) is 34.8 Å². The summed E-state index contributed by atoms with van der Waals surface area (Å²) in [6.07, 6.45) is 0. The minimum Gasteiger partial charge on any atom is -0.446 e. The predicted molar refractivity (Wildman–Crippen MR) is 122 cm³/mol. The highest BCUT2D eigenvalue weighted by atomic mass is 79.9. The van der Waals surface area contributed by atoms with Crippen LogP contribution in [0.2, 0.25) is 0 Å². The molecule has 0 atom stereocenters. The fraction of sp³-hybridized carbons (Fsp3) is 0. The average Bonchev–Trinajstić information content (AvgIpc) is 2.75. The molecule has 0 amide bonds. The Hall–Kier alpha value is -2.49. The van der Waals surface area contributed by atoms with Gasteiger partial charge in [0.25, 0.3) is 17.5 Å². The smallest absolute Gasteiger partial charge is 0.290 e. The molecule has 0 radical (unpaired) electrons. The lowest BCUT2D eigenvalue weighted by Crippen LogP contribution is -2.01. The standard InChI is InChI=1S/C21H12Br3N3O3/c22-13-1-7-16(8-2-13)28-19-20(29-17-9-3-14(23)4-10-17)25-27-26-21(19)30-18-11-5-15(24)6-12-18/h1-12H. The second-order valence-corrected chi connectivity index (χ2v) is 8.64. The molecule has 150 valence electrons. The third-order valence-corrected chi connectivity index (χ3v) is 5.34. The van der Waals surface area contributed by atoms with E-state index >= 15 is 0 Å². The Balaban J connectivity index is 1.71. The van der Waals surface area contributed by atoms with Crippen molar-refractivity contribution in [2.24, 2.45) is 0 Å². The van der Waals surface area contributed by atoms with E-state index in [4.69, 9.17) is 14.2 Å². The number of rotatable bonds is 6. The largest absolute Gasteiger partial charge is 0.446 e. The summed E-state index contributed by atoms with van der Waals surface area (Å²) in [4.78, 5) is 0. The van der Waals surface area contributed by atoms with Crippen molar-refractivity contribution in [3.05, 3.63) is 86.2 Å². The number of hydrogen-bond donors (Lipinski definition) is 0. The van der Waals surface area contributed by atoms with Crippen molar-refractivity contribution in [2.45, 2.75) is 0 Å². The van der Waals surface area contributed by atoms with E-state index in [2.05, 4.69) is 63.2 Å². The fourth-order valence-corrected chi connectivity index (χ4v) is 3.15. The van der Waals surface area contributed by atoms with Crippen LogP contribution in [0.15, 0.2) is 86.2 Å². The molecule has 9 heteroatoms. The number of aromatic nitrogens is 3. The topological polar surface area (TPSA) is 66.4 Å². The highest BCUT2D eigenvalue weighted by molar-refractivity contribution is 9.11. The van der Waals surface area contributed by atoms with Gasteiger partial charge in [0, 0.05) is 13.4 Å². The van der Waals surface area contributed by atoms with E-state index in [9.17, 15) is 0 Å². The molecule has 1 heterocycles. The number of nitrogens with zero attached hydrogens (tertiary/aromatic N) is 3. The van der Waals surface area contributed by atoms with Gasteiger partial charge in [-0.2, -0.15) is 0 Å². The molecule has 4 aromatic rings. The SMILES string of the molecule is Brc1ccc(Oc2nnnc(Oc3ccc(Br)cc3)c2Oc2ccc(Br)cc2)cc1. The van der Waals surface area contributed by atoms with Gasteiger partial charge in [-0.3, -0.25) is 0 Å². The first-order chi connectivity index (χ1) is 14.6. The Kier molecular flexibility index (Phi) is 6.61. The van der Waals surface area contributed by atoms with Crippen LogP contribution in [0.4, 0.5) is 0 Å². The van der Waals surface area contributed by atoms with Crippen LogP contribution in [0, 0.1) is 0 Å². The number of halogens is 3. The van der Waals surface area contributed by atoms with Crippen molar-refractivity contribution in [2.75, 3.05) is 0 Å². The van der Waals surface area contributed by atoms with E-state index < -0.39 is 0 Å². The van der Waals surface area contributed by atoms with Gasteiger partial charge in [0.05, 0.1) is 0 Å². The minimum absolute atomic E-state index is 0.127. The molecule has 0 aliphatic rings. The lowest BCUT2D eigenvalue weighted by Gasteiger charge is -2.14. The fourth-order valence-electron chi connectivity index (χ4n) is 2.36. The zero-order valence-electron chi connectivity index (χ0n) is 15.1. The second-order valence-electron chi connectivity index (χ2n) is 5.90. The van der Waals surface area contributed by atoms with E-state index in [-0.39, 0.29) is 17.5 Å². The molecule has 0 spiro atoms. The van der Waals surface area contributed by atoms with Crippen LogP contribution in [0.5, 0.6) is 34.8 Å². The molecule has 0 aliphatic heterocycles. The van der Waals surface area contributed by atoms with Gasteiger partial charge in [0.1, 0.15) is 17.2 Å². The lowest BCUT2D eigenvalue weighted by molar-refractivity contribution is 0.354. The molecule has 0 saturated heterocycles. The summed E-state index contributed by atoms with van der Waals surface area (Å²) in [7, 11) is 0. The first kappa shape index (κ1) is 20.8. The molecule has 0 saturated carbocycles. The van der Waals surface area contributed by atoms with Gasteiger partial charge in [0.15, 0.2) is 0 Å². The van der Waals surface area contributed by atoms with Gasteiger partial charge >= 0.3 is 0 Å². The Morgan fingerprint density at radius 3 is 1.17 bits per heavy atom. The molecule has 0 aliphatic carbocycles. The highest BCUT2D eigenvalue weighted by Crippen LogP contribution is 2.40. The molecule has 1 aromatic heterocycles. The monoisotopic (exact) mass is 591 g/mol. The van der Waals surface area contributed by atoms with E-state index in [0.717, 1.165) is 13.4 Å². The maximum Gasteiger partial charge on any atom is 0.290 e. The zero-order chi connectivity index (χ0) is 20.9. The first-order valence-corrected chi connectivity index (χ1v) is 11.0. The molecule has 0 bridgehead atoms. The summed E-state index contributed by atoms with van der Waals surface area (Å²) < 4.78 is 20.6. The molecular weight excluding hydrogens is 582 g/mol. The van der Waals surface area contributed by atoms with Crippen molar-refractivity contribution in [1.82, 2.24) is 15.4 Å². The van der Waals surface area contributed by atoms with E-state index in [1.807, 2.05) is 36.4 Å². The van der Waals surface area contributed by atoms with Crippen LogP contribution in [0.3, 0.4) is 0 Å². The third-order valence-electron chi connectivity index (χ3n) is 3.75. The maximum absolute atomic E-state index is 6.03. The zero-order valence-corrected chi connectivity index (χ0v) is 19.9. The van der Waals surface area contributed by atoms with Crippen LogP contribution >= 0.6 is 47.8 Å². The van der Waals surface area contributed by atoms with Crippen molar-refractivity contribution < 1.29 is 14.2 Å². The summed E-state index contributed by atoms with van der Waals surface area (Å²) in [6, 6.07) is 22.0. The van der Waals surface area contributed by atoms with Crippen LogP contribution in [-0.2, 0) is 0 Å². The molecular formula is C21H12Br3N3O3. The minimum atomic E-state index is 0.127. The molecule has 3 aromatic carbocycles. The predicted octanol–water partition coefficient (Wildman–Crippen LogP) is 7.54. The van der Waals surface area contributed by atoms with Crippen molar-refractivity contribution >= 4 is 47.8 Å². The first-order valence-electron chi connectivity index (χ1n) is 8.60. The van der Waals surface area contributed by atoms with Crippen LogP contribution in [-0.4, -0.2) is 15.4 Å². The molecule has 4 rings (SSSR count). The molecule has 0 N–H and O–H groups in total. The van der Waals surface area contributed by atoms with E-state index in [1.165, 1.54) is 0 Å². The number of benzene rings is 3. The van der Waals surface area contributed by atoms with Gasteiger partial charge in [-0.1, -0.05) is 58.0 Å². The second kappa shape index (κ2) is 9.55. The van der Waals surface area contributed by atoms with Gasteiger partial charge in [-0.15, -0.1) is 0 Å². The third kappa shape index (κ3) is 5.35. The summed E-state index contributed by atoms with van der Waals surface area (Å²) in [5, 5.41) is 11.8. The number of hydrogen-bond acceptors (Lipinski definition) is 6. The van der Waals surface area contributed by atoms with Crippen LogP contribution in [0.25, 0.3) is 0 Å².